The topological polar surface area (TPSA) is 59.3 Å². The van der Waals surface area contributed by atoms with E-state index in [0.29, 0.717) is 0 Å². The molecular formula is C21H34ClN6O-. The van der Waals surface area contributed by atoms with E-state index in [9.17, 15) is 0 Å². The molecule has 1 fully saturated rings. The predicted molar refractivity (Wildman–Crippen MR) is 110 cm³/mol. The van der Waals surface area contributed by atoms with Gasteiger partial charge in [-0.2, -0.15) is 0 Å². The van der Waals surface area contributed by atoms with E-state index in [-0.39, 0.29) is 24.0 Å². The van der Waals surface area contributed by atoms with Crippen molar-refractivity contribution in [3.05, 3.63) is 35.7 Å². The van der Waals surface area contributed by atoms with E-state index in [0.717, 1.165) is 57.1 Å². The van der Waals surface area contributed by atoms with Gasteiger partial charge in [-0.25, -0.2) is 4.68 Å². The molecule has 1 unspecified atom stereocenters. The number of piperazine rings is 1. The number of methoxy groups -OCH3 is 1. The molecule has 2 heterocycles. The van der Waals surface area contributed by atoms with Gasteiger partial charge in [0, 0.05) is 38.3 Å². The van der Waals surface area contributed by atoms with Gasteiger partial charge >= 0.3 is 0 Å². The minimum absolute atomic E-state index is 0. The van der Waals surface area contributed by atoms with Crippen molar-refractivity contribution in [3.63, 3.8) is 0 Å². The summed E-state index contributed by atoms with van der Waals surface area (Å²) in [5.74, 6) is 1.96. The number of benzene rings is 1. The van der Waals surface area contributed by atoms with Crippen LogP contribution in [0.25, 0.3) is 0 Å². The maximum Gasteiger partial charge on any atom is 0.168 e. The molecule has 29 heavy (non-hydrogen) atoms. The molecule has 3 rings (SSSR count). The van der Waals surface area contributed by atoms with Crippen LogP contribution >= 0.6 is 0 Å². The van der Waals surface area contributed by atoms with Gasteiger partial charge in [-0.1, -0.05) is 31.5 Å². The highest BCUT2D eigenvalue weighted by Gasteiger charge is 2.31. The number of halogens is 1. The summed E-state index contributed by atoms with van der Waals surface area (Å²) < 4.78 is 7.50. The van der Waals surface area contributed by atoms with Crippen LogP contribution in [0.2, 0.25) is 0 Å². The molecule has 1 aromatic heterocycles. The number of hydrogen-bond acceptors (Lipinski definition) is 6. The molecule has 7 nitrogen and oxygen atoms in total. The number of nitrogens with zero attached hydrogens (tertiary/aromatic N) is 6. The lowest BCUT2D eigenvalue weighted by Gasteiger charge is -2.39. The van der Waals surface area contributed by atoms with E-state index in [4.69, 9.17) is 4.74 Å². The number of rotatable bonds is 7. The minimum atomic E-state index is -0.115. The van der Waals surface area contributed by atoms with E-state index in [1.54, 1.807) is 7.11 Å². The normalized spacial score (nSPS) is 17.0. The van der Waals surface area contributed by atoms with Crippen molar-refractivity contribution in [2.45, 2.75) is 58.7 Å². The van der Waals surface area contributed by atoms with Crippen molar-refractivity contribution in [3.8, 4) is 5.75 Å². The highest BCUT2D eigenvalue weighted by Crippen LogP contribution is 2.28. The summed E-state index contributed by atoms with van der Waals surface area (Å²) in [5.41, 5.74) is 1.14. The number of ether oxygens (including phenoxy) is 1. The van der Waals surface area contributed by atoms with Crippen LogP contribution in [0.15, 0.2) is 24.3 Å². The van der Waals surface area contributed by atoms with Crippen LogP contribution in [0.5, 0.6) is 5.75 Å². The summed E-state index contributed by atoms with van der Waals surface area (Å²) in [6.07, 6.45) is 2.19. The Morgan fingerprint density at radius 1 is 1.10 bits per heavy atom. The first-order valence-electron chi connectivity index (χ1n) is 10.3. The highest BCUT2D eigenvalue weighted by atomic mass is 35.5. The molecule has 1 atom stereocenters. The van der Waals surface area contributed by atoms with Gasteiger partial charge in [-0.3, -0.25) is 9.80 Å². The molecule has 8 heteroatoms. The minimum Gasteiger partial charge on any atom is -1.00 e. The van der Waals surface area contributed by atoms with Gasteiger partial charge in [0.15, 0.2) is 5.82 Å². The molecule has 1 saturated heterocycles. The average Bonchev–Trinajstić information content (AvgIpc) is 3.17. The number of tetrazole rings is 1. The van der Waals surface area contributed by atoms with Crippen LogP contribution in [-0.2, 0) is 12.1 Å². The van der Waals surface area contributed by atoms with E-state index < -0.39 is 0 Å². The zero-order chi connectivity index (χ0) is 20.1. The molecule has 0 bridgehead atoms. The Kier molecular flexibility index (Phi) is 8.43. The monoisotopic (exact) mass is 421 g/mol. The molecule has 1 aliphatic rings. The lowest BCUT2D eigenvalue weighted by molar-refractivity contribution is -0.00000708. The van der Waals surface area contributed by atoms with Crippen LogP contribution in [-0.4, -0.2) is 63.3 Å². The Morgan fingerprint density at radius 2 is 1.79 bits per heavy atom. The summed E-state index contributed by atoms with van der Waals surface area (Å²) in [5, 5.41) is 12.7. The average molecular weight is 422 g/mol. The van der Waals surface area contributed by atoms with E-state index >= 15 is 0 Å². The molecule has 0 saturated carbocycles. The number of aromatic nitrogens is 4. The summed E-state index contributed by atoms with van der Waals surface area (Å²) >= 11 is 0. The van der Waals surface area contributed by atoms with Gasteiger partial charge in [0.25, 0.3) is 0 Å². The van der Waals surface area contributed by atoms with Gasteiger partial charge in [0.2, 0.25) is 0 Å². The quantitative estimate of drug-likeness (QED) is 0.632. The van der Waals surface area contributed by atoms with Crippen molar-refractivity contribution in [1.82, 2.24) is 30.0 Å². The molecule has 162 valence electrons. The van der Waals surface area contributed by atoms with Crippen molar-refractivity contribution in [1.29, 1.82) is 0 Å². The zero-order valence-electron chi connectivity index (χ0n) is 18.3. The fourth-order valence-corrected chi connectivity index (χ4v) is 3.94. The SMILES string of the molecule is CCCC(c1nnnn1C(C)(C)C)N1CCN(Cc2ccccc2OC)CC1.[Cl-]. The van der Waals surface area contributed by atoms with E-state index in [1.807, 2.05) is 16.8 Å². The lowest BCUT2D eigenvalue weighted by Crippen LogP contribution is -3.00. The molecular weight excluding hydrogens is 388 g/mol. The van der Waals surface area contributed by atoms with Crippen molar-refractivity contribution in [2.24, 2.45) is 0 Å². The molecule has 2 aromatic rings. The first-order valence-corrected chi connectivity index (χ1v) is 10.3. The fraction of sp³-hybridized carbons (Fsp3) is 0.667. The molecule has 0 aliphatic carbocycles. The predicted octanol–water partition coefficient (Wildman–Crippen LogP) is 0.0997. The van der Waals surface area contributed by atoms with Crippen LogP contribution < -0.4 is 17.1 Å². The third kappa shape index (κ3) is 5.68. The van der Waals surface area contributed by atoms with Crippen molar-refractivity contribution in [2.75, 3.05) is 33.3 Å². The Bertz CT molecular complexity index is 752. The molecule has 1 aromatic carbocycles. The van der Waals surface area contributed by atoms with Gasteiger partial charge in [0.05, 0.1) is 18.7 Å². The first-order chi connectivity index (χ1) is 13.4. The molecule has 1 aliphatic heterocycles. The Morgan fingerprint density at radius 3 is 2.41 bits per heavy atom. The summed E-state index contributed by atoms with van der Waals surface area (Å²) in [7, 11) is 1.74. The van der Waals surface area contributed by atoms with Gasteiger partial charge < -0.3 is 17.1 Å². The maximum atomic E-state index is 5.51. The van der Waals surface area contributed by atoms with Crippen LogP contribution in [0.3, 0.4) is 0 Å². The van der Waals surface area contributed by atoms with Crippen LogP contribution in [0, 0.1) is 0 Å². The van der Waals surface area contributed by atoms with Crippen LogP contribution in [0.1, 0.15) is 58.0 Å². The third-order valence-corrected chi connectivity index (χ3v) is 5.42. The summed E-state index contributed by atoms with van der Waals surface area (Å²) in [6.45, 7) is 13.7. The molecule has 0 N–H and O–H groups in total. The molecule has 0 spiro atoms. The van der Waals surface area contributed by atoms with Crippen LogP contribution in [0.4, 0.5) is 0 Å². The number of hydrogen-bond donors (Lipinski definition) is 0. The van der Waals surface area contributed by atoms with Crippen molar-refractivity contribution < 1.29 is 17.1 Å². The third-order valence-electron chi connectivity index (χ3n) is 5.42. The Labute approximate surface area is 180 Å². The zero-order valence-corrected chi connectivity index (χ0v) is 19.1. The van der Waals surface area contributed by atoms with Gasteiger partial charge in [-0.05, 0) is 43.7 Å². The smallest absolute Gasteiger partial charge is 0.168 e. The standard InChI is InChI=1S/C21H34N6O.ClH/c1-6-9-18(20-22-23-24-27(20)21(2,3)4)26-14-12-25(13-15-26)16-17-10-7-8-11-19(17)28-5;/h7-8,10-11,18H,6,9,12-16H2,1-5H3;1H/p-1. The summed E-state index contributed by atoms with van der Waals surface area (Å²) in [6, 6.07) is 8.57. The molecule has 0 amide bonds. The number of para-hydroxylation sites is 1. The second-order valence-electron chi connectivity index (χ2n) is 8.55. The van der Waals surface area contributed by atoms with Crippen molar-refractivity contribution >= 4 is 0 Å². The second kappa shape index (κ2) is 10.4. The lowest BCUT2D eigenvalue weighted by atomic mass is 10.0. The fourth-order valence-electron chi connectivity index (χ4n) is 3.94. The Hall–Kier alpha value is -1.70. The highest BCUT2D eigenvalue weighted by molar-refractivity contribution is 5.33. The van der Waals surface area contributed by atoms with E-state index in [1.165, 1.54) is 5.56 Å². The Balaban J connectivity index is 0.00000300. The van der Waals surface area contributed by atoms with Gasteiger partial charge in [0.1, 0.15) is 5.75 Å². The second-order valence-corrected chi connectivity index (χ2v) is 8.55. The maximum absolute atomic E-state index is 5.51. The van der Waals surface area contributed by atoms with Gasteiger partial charge in [-0.15, -0.1) is 5.10 Å². The first kappa shape index (κ1) is 23.6. The summed E-state index contributed by atoms with van der Waals surface area (Å²) in [4.78, 5) is 5.06. The van der Waals surface area contributed by atoms with E-state index in [2.05, 4.69) is 65.2 Å². The largest absolute Gasteiger partial charge is 1.00 e. The molecule has 0 radical (unpaired) electrons.